The Labute approximate surface area is 122 Å². The Kier molecular flexibility index (Phi) is 5.58. The van der Waals surface area contributed by atoms with Crippen LogP contribution < -0.4 is 5.32 Å². The maximum Gasteiger partial charge on any atom is 0.0828 e. The fourth-order valence-corrected chi connectivity index (χ4v) is 2.75. The Morgan fingerprint density at radius 3 is 2.95 bits per heavy atom. The zero-order valence-electron chi connectivity index (χ0n) is 12.7. The molecule has 0 aromatic heterocycles. The van der Waals surface area contributed by atoms with Crippen LogP contribution >= 0.6 is 0 Å². The molecule has 0 aliphatic heterocycles. The highest BCUT2D eigenvalue weighted by Gasteiger charge is 2.27. The van der Waals surface area contributed by atoms with Gasteiger partial charge in [0.2, 0.25) is 0 Å². The molecule has 3 nitrogen and oxygen atoms in total. The van der Waals surface area contributed by atoms with Gasteiger partial charge in [-0.15, -0.1) is 0 Å². The van der Waals surface area contributed by atoms with Gasteiger partial charge in [0.25, 0.3) is 0 Å². The van der Waals surface area contributed by atoms with Gasteiger partial charge >= 0.3 is 0 Å². The SMILES string of the molecule is CCCNC(C)(CO)COC1CCCc2ccccc21. The van der Waals surface area contributed by atoms with Crippen molar-refractivity contribution in [3.63, 3.8) is 0 Å². The summed E-state index contributed by atoms with van der Waals surface area (Å²) < 4.78 is 6.14. The highest BCUT2D eigenvalue weighted by atomic mass is 16.5. The third kappa shape index (κ3) is 3.81. The number of hydrogen-bond donors (Lipinski definition) is 2. The van der Waals surface area contributed by atoms with Crippen molar-refractivity contribution in [2.24, 2.45) is 0 Å². The lowest BCUT2D eigenvalue weighted by molar-refractivity contribution is -0.0121. The first-order valence-corrected chi connectivity index (χ1v) is 7.74. The number of ether oxygens (including phenoxy) is 1. The van der Waals surface area contributed by atoms with E-state index in [-0.39, 0.29) is 18.2 Å². The predicted octanol–water partition coefficient (Wildman–Crippen LogP) is 2.83. The summed E-state index contributed by atoms with van der Waals surface area (Å²) >= 11 is 0. The molecule has 1 aliphatic carbocycles. The predicted molar refractivity (Wildman–Crippen MR) is 81.9 cm³/mol. The Morgan fingerprint density at radius 1 is 1.40 bits per heavy atom. The van der Waals surface area contributed by atoms with Crippen LogP contribution in [0.1, 0.15) is 50.3 Å². The molecule has 112 valence electrons. The van der Waals surface area contributed by atoms with E-state index in [1.807, 2.05) is 6.92 Å². The van der Waals surface area contributed by atoms with Gasteiger partial charge in [-0.25, -0.2) is 0 Å². The summed E-state index contributed by atoms with van der Waals surface area (Å²) in [6.07, 6.45) is 4.64. The molecular weight excluding hydrogens is 250 g/mol. The van der Waals surface area contributed by atoms with E-state index in [2.05, 4.69) is 36.5 Å². The lowest BCUT2D eigenvalue weighted by atomic mass is 9.89. The summed E-state index contributed by atoms with van der Waals surface area (Å²) in [6.45, 7) is 5.70. The van der Waals surface area contributed by atoms with Gasteiger partial charge in [-0.05, 0) is 50.3 Å². The second-order valence-electron chi connectivity index (χ2n) is 6.04. The van der Waals surface area contributed by atoms with E-state index in [1.54, 1.807) is 0 Å². The van der Waals surface area contributed by atoms with Crippen LogP contribution in [-0.2, 0) is 11.2 Å². The van der Waals surface area contributed by atoms with Gasteiger partial charge in [-0.3, -0.25) is 0 Å². The molecular formula is C17H27NO2. The average Bonchev–Trinajstić information content (AvgIpc) is 2.51. The summed E-state index contributed by atoms with van der Waals surface area (Å²) in [5.41, 5.74) is 2.40. The van der Waals surface area contributed by atoms with Crippen molar-refractivity contribution in [3.8, 4) is 0 Å². The summed E-state index contributed by atoms with van der Waals surface area (Å²) in [7, 11) is 0. The van der Waals surface area contributed by atoms with Crippen LogP contribution in [0.15, 0.2) is 24.3 Å². The van der Waals surface area contributed by atoms with Crippen LogP contribution in [-0.4, -0.2) is 30.4 Å². The third-order valence-corrected chi connectivity index (χ3v) is 4.07. The topological polar surface area (TPSA) is 41.5 Å². The number of benzene rings is 1. The highest BCUT2D eigenvalue weighted by molar-refractivity contribution is 5.31. The Bertz CT molecular complexity index is 421. The van der Waals surface area contributed by atoms with E-state index < -0.39 is 0 Å². The molecule has 1 aliphatic rings. The van der Waals surface area contributed by atoms with Gasteiger partial charge in [0.05, 0.1) is 24.9 Å². The van der Waals surface area contributed by atoms with Gasteiger partial charge < -0.3 is 15.2 Å². The molecule has 0 heterocycles. The minimum Gasteiger partial charge on any atom is -0.394 e. The first-order valence-electron chi connectivity index (χ1n) is 7.74. The molecule has 1 aromatic rings. The normalized spacial score (nSPS) is 21.2. The Hall–Kier alpha value is -0.900. The minimum atomic E-state index is -0.345. The number of fused-ring (bicyclic) bond motifs is 1. The van der Waals surface area contributed by atoms with Crippen LogP contribution in [0.25, 0.3) is 0 Å². The zero-order valence-corrected chi connectivity index (χ0v) is 12.7. The van der Waals surface area contributed by atoms with Crippen molar-refractivity contribution in [1.29, 1.82) is 0 Å². The summed E-state index contributed by atoms with van der Waals surface area (Å²) in [5.74, 6) is 0. The quantitative estimate of drug-likeness (QED) is 0.805. The number of hydrogen-bond acceptors (Lipinski definition) is 3. The molecule has 2 atom stereocenters. The molecule has 0 radical (unpaired) electrons. The molecule has 0 saturated carbocycles. The standard InChI is InChI=1S/C17H27NO2/c1-3-11-18-17(2,12-19)13-20-16-10-6-8-14-7-4-5-9-15(14)16/h4-5,7,9,16,18-19H,3,6,8,10-13H2,1-2H3. The highest BCUT2D eigenvalue weighted by Crippen LogP contribution is 2.32. The van der Waals surface area contributed by atoms with E-state index in [0.29, 0.717) is 6.61 Å². The van der Waals surface area contributed by atoms with Gasteiger partial charge in [-0.1, -0.05) is 31.2 Å². The van der Waals surface area contributed by atoms with Gasteiger partial charge in [0.15, 0.2) is 0 Å². The maximum absolute atomic E-state index is 9.59. The van der Waals surface area contributed by atoms with Crippen LogP contribution in [0.5, 0.6) is 0 Å². The van der Waals surface area contributed by atoms with E-state index >= 15 is 0 Å². The number of rotatable bonds is 7. The van der Waals surface area contributed by atoms with E-state index in [1.165, 1.54) is 17.5 Å². The molecule has 20 heavy (non-hydrogen) atoms. The molecule has 0 saturated heterocycles. The lowest BCUT2D eigenvalue weighted by Gasteiger charge is -2.33. The third-order valence-electron chi connectivity index (χ3n) is 4.07. The smallest absolute Gasteiger partial charge is 0.0828 e. The first-order chi connectivity index (χ1) is 9.68. The van der Waals surface area contributed by atoms with Crippen LogP contribution in [0.2, 0.25) is 0 Å². The van der Waals surface area contributed by atoms with Crippen molar-refractivity contribution in [3.05, 3.63) is 35.4 Å². The van der Waals surface area contributed by atoms with Crippen LogP contribution in [0.4, 0.5) is 0 Å². The van der Waals surface area contributed by atoms with E-state index in [4.69, 9.17) is 4.74 Å². The van der Waals surface area contributed by atoms with Crippen LogP contribution in [0.3, 0.4) is 0 Å². The molecule has 2 rings (SSSR count). The minimum absolute atomic E-state index is 0.0986. The number of aliphatic hydroxyl groups excluding tert-OH is 1. The van der Waals surface area contributed by atoms with Crippen molar-refractivity contribution in [1.82, 2.24) is 5.32 Å². The fourth-order valence-electron chi connectivity index (χ4n) is 2.75. The molecule has 0 spiro atoms. The van der Waals surface area contributed by atoms with Gasteiger partial charge in [0.1, 0.15) is 0 Å². The van der Waals surface area contributed by atoms with E-state index in [9.17, 15) is 5.11 Å². The Morgan fingerprint density at radius 2 is 2.20 bits per heavy atom. The van der Waals surface area contributed by atoms with E-state index in [0.717, 1.165) is 25.8 Å². The lowest BCUT2D eigenvalue weighted by Crippen LogP contribution is -2.50. The molecule has 2 N–H and O–H groups in total. The summed E-state index contributed by atoms with van der Waals surface area (Å²) in [5, 5.41) is 13.0. The van der Waals surface area contributed by atoms with Crippen molar-refractivity contribution in [2.45, 2.75) is 51.2 Å². The second-order valence-corrected chi connectivity index (χ2v) is 6.04. The average molecular weight is 277 g/mol. The van der Waals surface area contributed by atoms with Crippen molar-refractivity contribution < 1.29 is 9.84 Å². The van der Waals surface area contributed by atoms with Crippen molar-refractivity contribution >= 4 is 0 Å². The molecule has 0 fully saturated rings. The molecule has 0 amide bonds. The van der Waals surface area contributed by atoms with Gasteiger partial charge in [-0.2, -0.15) is 0 Å². The number of nitrogens with one attached hydrogen (secondary N) is 1. The number of aryl methyl sites for hydroxylation is 1. The monoisotopic (exact) mass is 277 g/mol. The zero-order chi connectivity index (χ0) is 14.4. The Balaban J connectivity index is 1.97. The molecule has 3 heteroatoms. The first kappa shape index (κ1) is 15.5. The van der Waals surface area contributed by atoms with Gasteiger partial charge in [0, 0.05) is 0 Å². The summed E-state index contributed by atoms with van der Waals surface area (Å²) in [4.78, 5) is 0. The molecule has 0 bridgehead atoms. The van der Waals surface area contributed by atoms with Crippen LogP contribution in [0, 0.1) is 0 Å². The molecule has 1 aromatic carbocycles. The largest absolute Gasteiger partial charge is 0.394 e. The summed E-state index contributed by atoms with van der Waals surface area (Å²) in [6, 6.07) is 8.56. The second kappa shape index (κ2) is 7.21. The maximum atomic E-state index is 9.59. The molecule has 2 unspecified atom stereocenters. The number of aliphatic hydroxyl groups is 1. The fraction of sp³-hybridized carbons (Fsp3) is 0.647. The van der Waals surface area contributed by atoms with Crippen molar-refractivity contribution in [2.75, 3.05) is 19.8 Å².